The van der Waals surface area contributed by atoms with Gasteiger partial charge in [-0.3, -0.25) is 0 Å². The van der Waals surface area contributed by atoms with Gasteiger partial charge in [0, 0.05) is 18.8 Å². The van der Waals surface area contributed by atoms with Gasteiger partial charge in [-0.15, -0.1) is 0 Å². The summed E-state index contributed by atoms with van der Waals surface area (Å²) in [6.45, 7) is -0.196. The van der Waals surface area contributed by atoms with E-state index in [1.807, 2.05) is 0 Å². The fourth-order valence-corrected chi connectivity index (χ4v) is 2.03. The van der Waals surface area contributed by atoms with Crippen LogP contribution >= 0.6 is 0 Å². The molecule has 0 aromatic carbocycles. The zero-order valence-corrected chi connectivity index (χ0v) is 8.25. The molecule has 0 atom stereocenters. The van der Waals surface area contributed by atoms with Gasteiger partial charge in [0.1, 0.15) is 11.5 Å². The SMILES string of the molecule is OCc1ncoc1C1CCC(F)(F)CC1. The molecule has 1 heterocycles. The molecule has 1 aliphatic carbocycles. The molecule has 0 amide bonds. The fraction of sp³-hybridized carbons (Fsp3) is 0.700. The van der Waals surface area contributed by atoms with Crippen LogP contribution in [0.25, 0.3) is 0 Å². The molecule has 0 unspecified atom stereocenters. The summed E-state index contributed by atoms with van der Waals surface area (Å²) >= 11 is 0. The number of rotatable bonds is 2. The molecule has 1 aromatic rings. The van der Waals surface area contributed by atoms with Crippen molar-refractivity contribution in [2.75, 3.05) is 0 Å². The Bertz CT molecular complexity index is 328. The van der Waals surface area contributed by atoms with Gasteiger partial charge in [-0.1, -0.05) is 0 Å². The Balaban J connectivity index is 2.07. The Morgan fingerprint density at radius 2 is 2.13 bits per heavy atom. The first-order valence-electron chi connectivity index (χ1n) is 5.03. The first-order chi connectivity index (χ1) is 7.12. The first-order valence-corrected chi connectivity index (χ1v) is 5.03. The average molecular weight is 217 g/mol. The maximum atomic E-state index is 12.9. The van der Waals surface area contributed by atoms with Crippen LogP contribution in [0, 0.1) is 0 Å². The molecule has 1 saturated carbocycles. The molecular weight excluding hydrogens is 204 g/mol. The van der Waals surface area contributed by atoms with Crippen molar-refractivity contribution < 1.29 is 18.3 Å². The summed E-state index contributed by atoms with van der Waals surface area (Å²) in [7, 11) is 0. The summed E-state index contributed by atoms with van der Waals surface area (Å²) in [4.78, 5) is 3.84. The fourth-order valence-electron chi connectivity index (χ4n) is 2.03. The number of halogens is 2. The topological polar surface area (TPSA) is 46.3 Å². The number of aromatic nitrogens is 1. The second kappa shape index (κ2) is 3.89. The zero-order chi connectivity index (χ0) is 10.9. The molecule has 0 saturated heterocycles. The molecule has 84 valence electrons. The van der Waals surface area contributed by atoms with Gasteiger partial charge in [-0.25, -0.2) is 13.8 Å². The minimum Gasteiger partial charge on any atom is -0.448 e. The lowest BCUT2D eigenvalue weighted by molar-refractivity contribution is -0.0396. The molecule has 0 aliphatic heterocycles. The number of nitrogens with zero attached hydrogens (tertiary/aromatic N) is 1. The lowest BCUT2D eigenvalue weighted by Gasteiger charge is -2.27. The Kier molecular flexibility index (Phi) is 2.73. The molecular formula is C10H13F2NO2. The van der Waals surface area contributed by atoms with Gasteiger partial charge in [0.05, 0.1) is 6.61 Å². The molecule has 5 heteroatoms. The van der Waals surface area contributed by atoms with Crippen molar-refractivity contribution in [2.45, 2.75) is 44.1 Å². The van der Waals surface area contributed by atoms with Crippen LogP contribution < -0.4 is 0 Å². The van der Waals surface area contributed by atoms with E-state index < -0.39 is 5.92 Å². The highest BCUT2D eigenvalue weighted by molar-refractivity contribution is 5.13. The highest BCUT2D eigenvalue weighted by Gasteiger charge is 2.37. The van der Waals surface area contributed by atoms with E-state index in [-0.39, 0.29) is 25.4 Å². The summed E-state index contributed by atoms with van der Waals surface area (Å²) in [5, 5.41) is 8.97. The van der Waals surface area contributed by atoms with Crippen LogP contribution in [0.5, 0.6) is 0 Å². The van der Waals surface area contributed by atoms with Gasteiger partial charge >= 0.3 is 0 Å². The standard InChI is InChI=1S/C10H13F2NO2/c11-10(12)3-1-7(2-4-10)9-8(5-14)13-6-15-9/h6-7,14H,1-5H2. The zero-order valence-electron chi connectivity index (χ0n) is 8.25. The predicted molar refractivity (Wildman–Crippen MR) is 48.6 cm³/mol. The van der Waals surface area contributed by atoms with Gasteiger partial charge in [-0.05, 0) is 12.8 Å². The lowest BCUT2D eigenvalue weighted by Crippen LogP contribution is -2.23. The van der Waals surface area contributed by atoms with Crippen LogP contribution in [0.1, 0.15) is 43.1 Å². The Morgan fingerprint density at radius 3 is 2.73 bits per heavy atom. The number of aliphatic hydroxyl groups is 1. The summed E-state index contributed by atoms with van der Waals surface area (Å²) in [6, 6.07) is 0. The Hall–Kier alpha value is -0.970. The molecule has 0 spiro atoms. The summed E-state index contributed by atoms with van der Waals surface area (Å²) in [5.74, 6) is -1.97. The number of alkyl halides is 2. The average Bonchev–Trinajstić information content (AvgIpc) is 2.65. The van der Waals surface area contributed by atoms with E-state index in [0.717, 1.165) is 0 Å². The minimum atomic E-state index is -2.53. The van der Waals surface area contributed by atoms with Crippen LogP contribution in [0.2, 0.25) is 0 Å². The third-order valence-electron chi connectivity index (χ3n) is 2.91. The largest absolute Gasteiger partial charge is 0.448 e. The van der Waals surface area contributed by atoms with Crippen molar-refractivity contribution in [1.82, 2.24) is 4.98 Å². The number of hydrogen-bond acceptors (Lipinski definition) is 3. The lowest BCUT2D eigenvalue weighted by atomic mass is 9.84. The van der Waals surface area contributed by atoms with Crippen molar-refractivity contribution in [3.8, 4) is 0 Å². The van der Waals surface area contributed by atoms with Crippen molar-refractivity contribution in [1.29, 1.82) is 0 Å². The van der Waals surface area contributed by atoms with Crippen LogP contribution in [-0.4, -0.2) is 16.0 Å². The van der Waals surface area contributed by atoms with Gasteiger partial charge in [0.2, 0.25) is 5.92 Å². The van der Waals surface area contributed by atoms with Crippen molar-refractivity contribution in [3.05, 3.63) is 17.8 Å². The van der Waals surface area contributed by atoms with Crippen molar-refractivity contribution in [3.63, 3.8) is 0 Å². The van der Waals surface area contributed by atoms with Gasteiger partial charge in [0.25, 0.3) is 0 Å². The van der Waals surface area contributed by atoms with Crippen LogP contribution in [0.15, 0.2) is 10.8 Å². The summed E-state index contributed by atoms with van der Waals surface area (Å²) in [5.41, 5.74) is 0.477. The van der Waals surface area contributed by atoms with Crippen molar-refractivity contribution >= 4 is 0 Å². The van der Waals surface area contributed by atoms with E-state index in [0.29, 0.717) is 24.3 Å². The van der Waals surface area contributed by atoms with Gasteiger partial charge < -0.3 is 9.52 Å². The van der Waals surface area contributed by atoms with Crippen molar-refractivity contribution in [2.24, 2.45) is 0 Å². The third-order valence-corrected chi connectivity index (χ3v) is 2.91. The maximum absolute atomic E-state index is 12.9. The maximum Gasteiger partial charge on any atom is 0.248 e. The van der Waals surface area contributed by atoms with E-state index >= 15 is 0 Å². The quantitative estimate of drug-likeness (QED) is 0.827. The van der Waals surface area contributed by atoms with E-state index in [1.165, 1.54) is 6.39 Å². The van der Waals surface area contributed by atoms with Gasteiger partial charge in [0.15, 0.2) is 6.39 Å². The molecule has 15 heavy (non-hydrogen) atoms. The first kappa shape index (κ1) is 10.5. The molecule has 2 rings (SSSR count). The summed E-state index contributed by atoms with van der Waals surface area (Å²) < 4.78 is 31.0. The normalized spacial score (nSPS) is 21.8. The van der Waals surface area contributed by atoms with E-state index in [4.69, 9.17) is 9.52 Å². The second-order valence-corrected chi connectivity index (χ2v) is 3.95. The smallest absolute Gasteiger partial charge is 0.248 e. The molecule has 1 aliphatic rings. The highest BCUT2D eigenvalue weighted by Crippen LogP contribution is 2.41. The highest BCUT2D eigenvalue weighted by atomic mass is 19.3. The number of hydrogen-bond donors (Lipinski definition) is 1. The molecule has 1 N–H and O–H groups in total. The monoisotopic (exact) mass is 217 g/mol. The molecule has 1 fully saturated rings. The Morgan fingerprint density at radius 1 is 1.47 bits per heavy atom. The van der Waals surface area contributed by atoms with E-state index in [9.17, 15) is 8.78 Å². The molecule has 1 aromatic heterocycles. The van der Waals surface area contributed by atoms with Crippen LogP contribution in [0.4, 0.5) is 8.78 Å². The molecule has 0 bridgehead atoms. The minimum absolute atomic E-state index is 0.0192. The third kappa shape index (κ3) is 2.17. The van der Waals surface area contributed by atoms with Crippen LogP contribution in [-0.2, 0) is 6.61 Å². The number of oxazole rings is 1. The second-order valence-electron chi connectivity index (χ2n) is 3.95. The van der Waals surface area contributed by atoms with E-state index in [2.05, 4.69) is 4.98 Å². The van der Waals surface area contributed by atoms with Crippen LogP contribution in [0.3, 0.4) is 0 Å². The molecule has 0 radical (unpaired) electrons. The summed E-state index contributed by atoms with van der Waals surface area (Å²) in [6.07, 6.45) is 1.84. The van der Waals surface area contributed by atoms with E-state index in [1.54, 1.807) is 0 Å². The Labute approximate surface area is 86.1 Å². The number of aliphatic hydroxyl groups excluding tert-OH is 1. The molecule has 3 nitrogen and oxygen atoms in total. The predicted octanol–water partition coefficient (Wildman–Crippen LogP) is 2.46. The van der Waals surface area contributed by atoms with Gasteiger partial charge in [-0.2, -0.15) is 0 Å².